The van der Waals surface area contributed by atoms with Gasteiger partial charge in [-0.15, -0.1) is 0 Å². The first-order chi connectivity index (χ1) is 9.80. The van der Waals surface area contributed by atoms with Crippen LogP contribution in [0.25, 0.3) is 0 Å². The van der Waals surface area contributed by atoms with E-state index in [1.807, 2.05) is 0 Å². The number of hydrogen-bond acceptors (Lipinski definition) is 2. The van der Waals surface area contributed by atoms with Crippen molar-refractivity contribution in [1.82, 2.24) is 5.32 Å². The van der Waals surface area contributed by atoms with E-state index >= 15 is 0 Å². The van der Waals surface area contributed by atoms with Gasteiger partial charge in [-0.05, 0) is 56.3 Å². The van der Waals surface area contributed by atoms with Crippen molar-refractivity contribution >= 4 is 0 Å². The van der Waals surface area contributed by atoms with Gasteiger partial charge in [0.25, 0.3) is 0 Å². The molecule has 0 radical (unpaired) electrons. The molecule has 1 aromatic carbocycles. The Balaban J connectivity index is 2.38. The molecule has 2 heteroatoms. The van der Waals surface area contributed by atoms with Gasteiger partial charge < -0.3 is 10.1 Å². The maximum absolute atomic E-state index is 5.62. The summed E-state index contributed by atoms with van der Waals surface area (Å²) in [6.45, 7) is 8.56. The Morgan fingerprint density at radius 3 is 2.30 bits per heavy atom. The van der Waals surface area contributed by atoms with Crippen LogP contribution >= 0.6 is 0 Å². The molecule has 0 aliphatic carbocycles. The molecule has 0 bridgehead atoms. The number of benzene rings is 1. The fourth-order valence-corrected chi connectivity index (χ4v) is 2.36. The molecule has 0 heterocycles. The van der Waals surface area contributed by atoms with Crippen LogP contribution in [-0.4, -0.2) is 19.2 Å². The molecule has 2 nitrogen and oxygen atoms in total. The minimum absolute atomic E-state index is 0.663. The molecule has 0 fully saturated rings. The maximum atomic E-state index is 5.62. The highest BCUT2D eigenvalue weighted by atomic mass is 16.5. The van der Waals surface area contributed by atoms with Crippen molar-refractivity contribution in [3.05, 3.63) is 29.8 Å². The Bertz CT molecular complexity index is 334. The van der Waals surface area contributed by atoms with Crippen molar-refractivity contribution in [2.24, 2.45) is 0 Å². The van der Waals surface area contributed by atoms with Crippen molar-refractivity contribution in [3.63, 3.8) is 0 Å². The van der Waals surface area contributed by atoms with Gasteiger partial charge in [-0.2, -0.15) is 0 Å². The number of ether oxygens (including phenoxy) is 1. The highest BCUT2D eigenvalue weighted by Crippen LogP contribution is 2.15. The van der Waals surface area contributed by atoms with Crippen molar-refractivity contribution in [1.29, 1.82) is 0 Å². The van der Waals surface area contributed by atoms with E-state index in [1.54, 1.807) is 0 Å². The fourth-order valence-electron chi connectivity index (χ4n) is 2.36. The molecule has 0 aliphatic heterocycles. The van der Waals surface area contributed by atoms with E-state index in [4.69, 9.17) is 4.74 Å². The molecule has 20 heavy (non-hydrogen) atoms. The topological polar surface area (TPSA) is 21.3 Å². The highest BCUT2D eigenvalue weighted by Gasteiger charge is 2.06. The number of nitrogens with one attached hydrogen (secondary N) is 1. The van der Waals surface area contributed by atoms with Crippen LogP contribution in [0.2, 0.25) is 0 Å². The second-order valence-electron chi connectivity index (χ2n) is 5.47. The predicted octanol–water partition coefficient (Wildman–Crippen LogP) is 4.58. The summed E-state index contributed by atoms with van der Waals surface area (Å²) >= 11 is 0. The van der Waals surface area contributed by atoms with Crippen LogP contribution in [0.15, 0.2) is 24.3 Å². The molecule has 0 saturated carbocycles. The Hall–Kier alpha value is -1.02. The van der Waals surface area contributed by atoms with Crippen LogP contribution in [0.5, 0.6) is 5.75 Å². The third-order valence-corrected chi connectivity index (χ3v) is 3.50. The molecule has 0 aliphatic rings. The van der Waals surface area contributed by atoms with E-state index in [0.29, 0.717) is 6.04 Å². The van der Waals surface area contributed by atoms with Crippen molar-refractivity contribution < 1.29 is 4.74 Å². The molecule has 1 aromatic rings. The lowest BCUT2D eigenvalue weighted by Gasteiger charge is -2.17. The van der Waals surface area contributed by atoms with Gasteiger partial charge in [-0.25, -0.2) is 0 Å². The fraction of sp³-hybridized carbons (Fsp3) is 0.667. The summed E-state index contributed by atoms with van der Waals surface area (Å²) in [5.74, 6) is 0.991. The summed E-state index contributed by atoms with van der Waals surface area (Å²) in [5, 5.41) is 3.66. The van der Waals surface area contributed by atoms with Crippen LogP contribution in [0.4, 0.5) is 0 Å². The van der Waals surface area contributed by atoms with Crippen LogP contribution in [0.1, 0.15) is 58.4 Å². The molecule has 0 saturated heterocycles. The normalized spacial score (nSPS) is 12.3. The molecular formula is C18H31NO. The average Bonchev–Trinajstić information content (AvgIpc) is 2.49. The van der Waals surface area contributed by atoms with E-state index in [2.05, 4.69) is 50.4 Å². The summed E-state index contributed by atoms with van der Waals surface area (Å²) in [6.07, 6.45) is 7.18. The van der Waals surface area contributed by atoms with Crippen LogP contribution in [-0.2, 0) is 6.42 Å². The van der Waals surface area contributed by atoms with Crippen molar-refractivity contribution in [3.8, 4) is 5.75 Å². The zero-order chi connectivity index (χ0) is 14.6. The van der Waals surface area contributed by atoms with E-state index in [0.717, 1.165) is 31.7 Å². The van der Waals surface area contributed by atoms with E-state index in [1.165, 1.54) is 31.2 Å². The van der Waals surface area contributed by atoms with Gasteiger partial charge in [-0.1, -0.05) is 39.3 Å². The van der Waals surface area contributed by atoms with Crippen LogP contribution in [0.3, 0.4) is 0 Å². The van der Waals surface area contributed by atoms with Crippen molar-refractivity contribution in [2.75, 3.05) is 13.2 Å². The van der Waals surface area contributed by atoms with Gasteiger partial charge >= 0.3 is 0 Å². The lowest BCUT2D eigenvalue weighted by atomic mass is 10.0. The summed E-state index contributed by atoms with van der Waals surface area (Å²) in [6, 6.07) is 9.26. The molecule has 1 N–H and O–H groups in total. The minimum atomic E-state index is 0.663. The molecule has 1 unspecified atom stereocenters. The van der Waals surface area contributed by atoms with Crippen LogP contribution < -0.4 is 10.1 Å². The Morgan fingerprint density at radius 1 is 0.950 bits per heavy atom. The summed E-state index contributed by atoms with van der Waals surface area (Å²) < 4.78 is 5.62. The zero-order valence-electron chi connectivity index (χ0n) is 13.5. The Morgan fingerprint density at radius 2 is 1.70 bits per heavy atom. The third-order valence-electron chi connectivity index (χ3n) is 3.50. The SMILES string of the molecule is CCCNC(CCC)CCc1ccc(OCCC)cc1. The number of hydrogen-bond donors (Lipinski definition) is 1. The van der Waals surface area contributed by atoms with Gasteiger partial charge in [0.1, 0.15) is 5.75 Å². The predicted molar refractivity (Wildman–Crippen MR) is 87.5 cm³/mol. The molecule has 1 rings (SSSR count). The number of rotatable bonds is 11. The second-order valence-corrected chi connectivity index (χ2v) is 5.47. The maximum Gasteiger partial charge on any atom is 0.119 e. The van der Waals surface area contributed by atoms with Crippen LogP contribution in [0, 0.1) is 0 Å². The first kappa shape index (κ1) is 17.0. The smallest absolute Gasteiger partial charge is 0.119 e. The van der Waals surface area contributed by atoms with Gasteiger partial charge in [0, 0.05) is 6.04 Å². The summed E-state index contributed by atoms with van der Waals surface area (Å²) in [5.41, 5.74) is 1.41. The molecule has 0 spiro atoms. The molecule has 114 valence electrons. The van der Waals surface area contributed by atoms with Gasteiger partial charge in [0.15, 0.2) is 0 Å². The zero-order valence-corrected chi connectivity index (χ0v) is 13.5. The lowest BCUT2D eigenvalue weighted by Crippen LogP contribution is -2.30. The first-order valence-electron chi connectivity index (χ1n) is 8.25. The molecule has 0 amide bonds. The number of aryl methyl sites for hydroxylation is 1. The van der Waals surface area contributed by atoms with Gasteiger partial charge in [0.2, 0.25) is 0 Å². The Kier molecular flexibility index (Phi) is 9.14. The van der Waals surface area contributed by atoms with E-state index < -0.39 is 0 Å². The highest BCUT2D eigenvalue weighted by molar-refractivity contribution is 5.27. The quantitative estimate of drug-likeness (QED) is 0.639. The summed E-state index contributed by atoms with van der Waals surface area (Å²) in [4.78, 5) is 0. The van der Waals surface area contributed by atoms with E-state index in [-0.39, 0.29) is 0 Å². The molecule has 0 aromatic heterocycles. The monoisotopic (exact) mass is 277 g/mol. The summed E-state index contributed by atoms with van der Waals surface area (Å²) in [7, 11) is 0. The third kappa shape index (κ3) is 6.95. The van der Waals surface area contributed by atoms with Gasteiger partial charge in [0.05, 0.1) is 6.61 Å². The Labute approximate surface area is 124 Å². The van der Waals surface area contributed by atoms with Crippen molar-refractivity contribution in [2.45, 2.75) is 65.3 Å². The van der Waals surface area contributed by atoms with E-state index in [9.17, 15) is 0 Å². The average molecular weight is 277 g/mol. The molecule has 1 atom stereocenters. The minimum Gasteiger partial charge on any atom is -0.494 e. The first-order valence-corrected chi connectivity index (χ1v) is 8.25. The standard InChI is InChI=1S/C18H31NO/c1-4-7-17(19-14-5-2)11-8-16-9-12-18(13-10-16)20-15-6-3/h9-10,12-13,17,19H,4-8,11,14-15H2,1-3H3. The van der Waals surface area contributed by atoms with Gasteiger partial charge in [-0.3, -0.25) is 0 Å². The molecular weight excluding hydrogens is 246 g/mol. The second kappa shape index (κ2) is 10.7. The largest absolute Gasteiger partial charge is 0.494 e. The lowest BCUT2D eigenvalue weighted by molar-refractivity contribution is 0.317.